The highest BCUT2D eigenvalue weighted by molar-refractivity contribution is 5.70. The van der Waals surface area contributed by atoms with Crippen molar-refractivity contribution in [3.8, 4) is 0 Å². The summed E-state index contributed by atoms with van der Waals surface area (Å²) in [6.07, 6.45) is 1.01. The van der Waals surface area contributed by atoms with Gasteiger partial charge in [0.15, 0.2) is 0 Å². The van der Waals surface area contributed by atoms with Crippen LogP contribution in [-0.2, 0) is 0 Å². The van der Waals surface area contributed by atoms with Gasteiger partial charge < -0.3 is 5.73 Å². The van der Waals surface area contributed by atoms with Gasteiger partial charge >= 0.3 is 6.03 Å². The molecular weight excluding hydrogens is 204 g/mol. The number of rotatable bonds is 3. The molecular formula is C12H16N2O2. The zero-order valence-electron chi connectivity index (χ0n) is 9.26. The Labute approximate surface area is 94.6 Å². The van der Waals surface area contributed by atoms with E-state index in [1.54, 1.807) is 0 Å². The van der Waals surface area contributed by atoms with Crippen molar-refractivity contribution in [1.82, 2.24) is 5.06 Å². The molecule has 3 N–H and O–H groups in total. The maximum Gasteiger partial charge on any atom is 0.338 e. The van der Waals surface area contributed by atoms with Crippen molar-refractivity contribution < 1.29 is 10.0 Å². The van der Waals surface area contributed by atoms with Gasteiger partial charge in [0.2, 0.25) is 0 Å². The van der Waals surface area contributed by atoms with E-state index in [1.165, 1.54) is 11.1 Å². The highest BCUT2D eigenvalue weighted by Crippen LogP contribution is 2.47. The minimum atomic E-state index is -0.783. The number of benzene rings is 1. The summed E-state index contributed by atoms with van der Waals surface area (Å²) in [5.41, 5.74) is 7.46. The van der Waals surface area contributed by atoms with Crippen LogP contribution in [0.4, 0.5) is 4.79 Å². The van der Waals surface area contributed by atoms with Crippen LogP contribution in [0.1, 0.15) is 23.5 Å². The van der Waals surface area contributed by atoms with Crippen LogP contribution in [0.3, 0.4) is 0 Å². The fourth-order valence-electron chi connectivity index (χ4n) is 1.98. The van der Waals surface area contributed by atoms with Crippen molar-refractivity contribution in [2.24, 2.45) is 11.7 Å². The molecule has 1 aliphatic carbocycles. The van der Waals surface area contributed by atoms with Gasteiger partial charge in [-0.3, -0.25) is 5.21 Å². The van der Waals surface area contributed by atoms with Crippen molar-refractivity contribution in [1.29, 1.82) is 0 Å². The minimum absolute atomic E-state index is 0.327. The molecule has 0 heterocycles. The van der Waals surface area contributed by atoms with E-state index >= 15 is 0 Å². The summed E-state index contributed by atoms with van der Waals surface area (Å²) >= 11 is 0. The number of hydrogen-bond acceptors (Lipinski definition) is 2. The lowest BCUT2D eigenvalue weighted by molar-refractivity contribution is -0.0431. The Hall–Kier alpha value is -1.55. The van der Waals surface area contributed by atoms with E-state index < -0.39 is 6.03 Å². The Morgan fingerprint density at radius 3 is 2.69 bits per heavy atom. The summed E-state index contributed by atoms with van der Waals surface area (Å²) in [5.74, 6) is 0.787. The molecule has 86 valence electrons. The molecule has 0 unspecified atom stereocenters. The topological polar surface area (TPSA) is 66.6 Å². The molecule has 1 aliphatic rings. The molecule has 2 rings (SSSR count). The number of primary amides is 1. The Morgan fingerprint density at radius 2 is 2.12 bits per heavy atom. The van der Waals surface area contributed by atoms with Crippen LogP contribution in [0.5, 0.6) is 0 Å². The summed E-state index contributed by atoms with van der Waals surface area (Å²) in [6, 6.07) is 7.58. The molecule has 0 spiro atoms. The highest BCUT2D eigenvalue weighted by Gasteiger charge is 2.39. The maximum absolute atomic E-state index is 10.6. The lowest BCUT2D eigenvalue weighted by atomic mass is 10.1. The molecule has 4 nitrogen and oxygen atoms in total. The van der Waals surface area contributed by atoms with Crippen molar-refractivity contribution in [2.75, 3.05) is 6.54 Å². The molecule has 2 atom stereocenters. The summed E-state index contributed by atoms with van der Waals surface area (Å²) in [7, 11) is 0. The number of hydrogen-bond donors (Lipinski definition) is 2. The van der Waals surface area contributed by atoms with E-state index in [2.05, 4.69) is 31.2 Å². The van der Waals surface area contributed by atoms with Crippen molar-refractivity contribution in [3.05, 3.63) is 35.4 Å². The van der Waals surface area contributed by atoms with Crippen LogP contribution in [0, 0.1) is 12.8 Å². The molecule has 1 fully saturated rings. The second-order valence-electron chi connectivity index (χ2n) is 4.43. The lowest BCUT2D eigenvalue weighted by Gasteiger charge is -2.11. The molecule has 1 aromatic carbocycles. The molecule has 16 heavy (non-hydrogen) atoms. The monoisotopic (exact) mass is 220 g/mol. The first-order chi connectivity index (χ1) is 7.58. The first-order valence-electron chi connectivity index (χ1n) is 5.40. The zero-order valence-corrected chi connectivity index (χ0v) is 9.26. The van der Waals surface area contributed by atoms with E-state index in [-0.39, 0.29) is 0 Å². The standard InChI is InChI=1S/C12H16N2O2/c1-8-2-4-9(5-3-8)11-6-10(11)7-14(16)12(13)15/h2-5,10-11,16H,6-7H2,1H3,(H2,13,15)/t10-,11-/m0/s1. The van der Waals surface area contributed by atoms with E-state index in [0.29, 0.717) is 23.4 Å². The SMILES string of the molecule is Cc1ccc([C@@H]2C[C@H]2CN(O)C(N)=O)cc1. The number of hydroxylamine groups is 2. The molecule has 0 aliphatic heterocycles. The van der Waals surface area contributed by atoms with E-state index in [9.17, 15) is 10.0 Å². The molecule has 1 saturated carbocycles. The second-order valence-corrected chi connectivity index (χ2v) is 4.43. The predicted octanol–water partition coefficient (Wildman–Crippen LogP) is 1.87. The van der Waals surface area contributed by atoms with Gasteiger partial charge in [-0.2, -0.15) is 0 Å². The number of amides is 2. The van der Waals surface area contributed by atoms with Crippen LogP contribution in [0.2, 0.25) is 0 Å². The summed E-state index contributed by atoms with van der Waals surface area (Å²) in [4.78, 5) is 10.6. The molecule has 2 amide bonds. The minimum Gasteiger partial charge on any atom is -0.350 e. The van der Waals surface area contributed by atoms with Crippen molar-refractivity contribution in [3.63, 3.8) is 0 Å². The number of carbonyl (C=O) groups is 1. The Bertz CT molecular complexity index is 389. The summed E-state index contributed by atoms with van der Waals surface area (Å²) < 4.78 is 0. The number of aryl methyl sites for hydroxylation is 1. The fraction of sp³-hybridized carbons (Fsp3) is 0.417. The van der Waals surface area contributed by atoms with Gasteiger partial charge in [0.05, 0.1) is 6.54 Å². The van der Waals surface area contributed by atoms with E-state index in [4.69, 9.17) is 5.73 Å². The quantitative estimate of drug-likeness (QED) is 0.603. The first kappa shape index (κ1) is 11.0. The smallest absolute Gasteiger partial charge is 0.338 e. The Kier molecular flexibility index (Phi) is 2.83. The van der Waals surface area contributed by atoms with Crippen LogP contribution < -0.4 is 5.73 Å². The Balaban J connectivity index is 1.91. The predicted molar refractivity (Wildman–Crippen MR) is 60.1 cm³/mol. The van der Waals surface area contributed by atoms with Gasteiger partial charge in [0, 0.05) is 0 Å². The molecule has 0 bridgehead atoms. The largest absolute Gasteiger partial charge is 0.350 e. The van der Waals surface area contributed by atoms with E-state index in [1.807, 2.05) is 0 Å². The fourth-order valence-corrected chi connectivity index (χ4v) is 1.98. The number of nitrogens with zero attached hydrogens (tertiary/aromatic N) is 1. The van der Waals surface area contributed by atoms with Crippen molar-refractivity contribution >= 4 is 6.03 Å². The van der Waals surface area contributed by atoms with Gasteiger partial charge in [-0.15, -0.1) is 0 Å². The third kappa shape index (κ3) is 2.33. The number of carbonyl (C=O) groups excluding carboxylic acids is 1. The molecule has 4 heteroatoms. The average molecular weight is 220 g/mol. The second kappa shape index (κ2) is 4.14. The summed E-state index contributed by atoms with van der Waals surface area (Å²) in [6.45, 7) is 2.38. The van der Waals surface area contributed by atoms with Gasteiger partial charge in [-0.05, 0) is 30.7 Å². The highest BCUT2D eigenvalue weighted by atomic mass is 16.5. The van der Waals surface area contributed by atoms with Crippen LogP contribution in [-0.4, -0.2) is 22.8 Å². The molecule has 0 aromatic heterocycles. The maximum atomic E-state index is 10.6. The zero-order chi connectivity index (χ0) is 11.7. The van der Waals surface area contributed by atoms with E-state index in [0.717, 1.165) is 6.42 Å². The van der Waals surface area contributed by atoms with Crippen LogP contribution in [0.25, 0.3) is 0 Å². The molecule has 1 aromatic rings. The van der Waals surface area contributed by atoms with Gasteiger partial charge in [-0.25, -0.2) is 9.86 Å². The van der Waals surface area contributed by atoms with Gasteiger partial charge in [0.25, 0.3) is 0 Å². The lowest BCUT2D eigenvalue weighted by Crippen LogP contribution is -2.34. The normalized spacial score (nSPS) is 22.9. The first-order valence-corrected chi connectivity index (χ1v) is 5.40. The number of urea groups is 1. The average Bonchev–Trinajstić information content (AvgIpc) is 2.98. The molecule has 0 radical (unpaired) electrons. The van der Waals surface area contributed by atoms with Crippen molar-refractivity contribution in [2.45, 2.75) is 19.3 Å². The van der Waals surface area contributed by atoms with Crippen LogP contribution in [0.15, 0.2) is 24.3 Å². The van der Waals surface area contributed by atoms with Crippen LogP contribution >= 0.6 is 0 Å². The van der Waals surface area contributed by atoms with Gasteiger partial charge in [-0.1, -0.05) is 29.8 Å². The Morgan fingerprint density at radius 1 is 1.50 bits per heavy atom. The van der Waals surface area contributed by atoms with Gasteiger partial charge in [0.1, 0.15) is 0 Å². The number of nitrogens with two attached hydrogens (primary N) is 1. The molecule has 0 saturated heterocycles. The summed E-state index contributed by atoms with van der Waals surface area (Å²) in [5, 5.41) is 9.80. The third-order valence-electron chi connectivity index (χ3n) is 3.09. The third-order valence-corrected chi connectivity index (χ3v) is 3.09.